The molecule has 0 spiro atoms. The van der Waals surface area contributed by atoms with Crippen molar-refractivity contribution in [2.75, 3.05) is 13.2 Å². The lowest BCUT2D eigenvalue weighted by molar-refractivity contribution is -0.130. The van der Waals surface area contributed by atoms with E-state index in [1.807, 2.05) is 12.1 Å². The van der Waals surface area contributed by atoms with Crippen LogP contribution in [0, 0.1) is 0 Å². The molecule has 0 radical (unpaired) electrons. The molecule has 1 saturated heterocycles. The minimum Gasteiger partial charge on any atom is -0.368 e. The number of carbonyl (C=O) groups is 1. The van der Waals surface area contributed by atoms with Crippen LogP contribution in [0.15, 0.2) is 28.7 Å². The molecule has 1 fully saturated rings. The van der Waals surface area contributed by atoms with E-state index in [0.29, 0.717) is 13.2 Å². The highest BCUT2D eigenvalue weighted by atomic mass is 79.9. The summed E-state index contributed by atoms with van der Waals surface area (Å²) in [5.74, 6) is 0.0164. The average Bonchev–Trinajstić information content (AvgIpc) is 2.90. The Morgan fingerprint density at radius 3 is 2.68 bits per heavy atom. The fourth-order valence-electron chi connectivity index (χ4n) is 2.21. The second kappa shape index (κ2) is 6.06. The van der Waals surface area contributed by atoms with Gasteiger partial charge in [-0.05, 0) is 30.5 Å². The Morgan fingerprint density at radius 2 is 2.11 bits per heavy atom. The zero-order chi connectivity index (χ0) is 13.9. The molecule has 19 heavy (non-hydrogen) atoms. The Hall–Kier alpha value is -0.870. The lowest BCUT2D eigenvalue weighted by Crippen LogP contribution is -2.41. The van der Waals surface area contributed by atoms with Crippen molar-refractivity contribution in [3.8, 4) is 0 Å². The highest BCUT2D eigenvalue weighted by Crippen LogP contribution is 2.24. The lowest BCUT2D eigenvalue weighted by atomic mass is 9.84. The largest absolute Gasteiger partial charge is 0.368 e. The summed E-state index contributed by atoms with van der Waals surface area (Å²) in [6.45, 7) is 5.58. The van der Waals surface area contributed by atoms with E-state index in [4.69, 9.17) is 4.74 Å². The van der Waals surface area contributed by atoms with Crippen LogP contribution in [0.3, 0.4) is 0 Å². The Labute approximate surface area is 122 Å². The van der Waals surface area contributed by atoms with Crippen LogP contribution in [0.4, 0.5) is 0 Å². The molecule has 104 valence electrons. The third kappa shape index (κ3) is 3.80. The molecule has 2 rings (SSSR count). The minimum absolute atomic E-state index is 0.0164. The Balaban J connectivity index is 1.93. The second-order valence-electron chi connectivity index (χ2n) is 5.61. The first kappa shape index (κ1) is 14.5. The quantitative estimate of drug-likeness (QED) is 0.924. The van der Waals surface area contributed by atoms with E-state index in [0.717, 1.165) is 17.3 Å². The van der Waals surface area contributed by atoms with Crippen LogP contribution >= 0.6 is 15.9 Å². The smallest absolute Gasteiger partial charge is 0.249 e. The van der Waals surface area contributed by atoms with Crippen molar-refractivity contribution in [1.82, 2.24) is 5.32 Å². The van der Waals surface area contributed by atoms with Gasteiger partial charge in [0.15, 0.2) is 0 Å². The molecule has 0 bridgehead atoms. The van der Waals surface area contributed by atoms with Gasteiger partial charge in [-0.15, -0.1) is 0 Å². The molecule has 0 aromatic heterocycles. The number of benzene rings is 1. The van der Waals surface area contributed by atoms with E-state index >= 15 is 0 Å². The van der Waals surface area contributed by atoms with E-state index in [1.54, 1.807) is 0 Å². The van der Waals surface area contributed by atoms with E-state index in [2.05, 4.69) is 47.2 Å². The third-order valence-corrected chi connectivity index (χ3v) is 4.08. The average molecular weight is 326 g/mol. The van der Waals surface area contributed by atoms with Gasteiger partial charge in [-0.2, -0.15) is 0 Å². The van der Waals surface area contributed by atoms with Gasteiger partial charge < -0.3 is 10.1 Å². The number of ether oxygens (including phenoxy) is 1. The third-order valence-electron chi connectivity index (χ3n) is 3.55. The van der Waals surface area contributed by atoms with Gasteiger partial charge in [0.25, 0.3) is 0 Å². The SMILES string of the molecule is CC(C)(CNC(=O)[C@@H]1CCCO1)c1ccc(Br)cc1. The molecular weight excluding hydrogens is 306 g/mol. The molecule has 0 aliphatic carbocycles. The summed E-state index contributed by atoms with van der Waals surface area (Å²) in [6.07, 6.45) is 1.57. The molecular formula is C15H20BrNO2. The van der Waals surface area contributed by atoms with Crippen LogP contribution in [0.2, 0.25) is 0 Å². The molecule has 3 nitrogen and oxygen atoms in total. The van der Waals surface area contributed by atoms with Crippen LogP contribution in [0.5, 0.6) is 0 Å². The molecule has 1 atom stereocenters. The van der Waals surface area contributed by atoms with Crippen molar-refractivity contribution in [3.05, 3.63) is 34.3 Å². The fraction of sp³-hybridized carbons (Fsp3) is 0.533. The summed E-state index contributed by atoms with van der Waals surface area (Å²) in [5.41, 5.74) is 1.12. The number of halogens is 1. The Kier molecular flexibility index (Phi) is 4.63. The maximum Gasteiger partial charge on any atom is 0.249 e. The van der Waals surface area contributed by atoms with Crippen LogP contribution in [-0.2, 0) is 14.9 Å². The predicted molar refractivity (Wildman–Crippen MR) is 79.2 cm³/mol. The topological polar surface area (TPSA) is 38.3 Å². The van der Waals surface area contributed by atoms with Gasteiger partial charge in [0.05, 0.1) is 0 Å². The zero-order valence-electron chi connectivity index (χ0n) is 11.4. The zero-order valence-corrected chi connectivity index (χ0v) is 13.0. The van der Waals surface area contributed by atoms with Crippen LogP contribution in [0.1, 0.15) is 32.3 Å². The van der Waals surface area contributed by atoms with Gasteiger partial charge in [0, 0.05) is 23.0 Å². The first-order valence-corrected chi connectivity index (χ1v) is 7.44. The number of amides is 1. The first-order valence-electron chi connectivity index (χ1n) is 6.64. The van der Waals surface area contributed by atoms with Gasteiger partial charge in [-0.1, -0.05) is 41.9 Å². The summed E-state index contributed by atoms with van der Waals surface area (Å²) in [5, 5.41) is 3.00. The van der Waals surface area contributed by atoms with E-state index in [9.17, 15) is 4.79 Å². The Morgan fingerprint density at radius 1 is 1.42 bits per heavy atom. The van der Waals surface area contributed by atoms with Gasteiger partial charge in [0.2, 0.25) is 5.91 Å². The highest BCUT2D eigenvalue weighted by molar-refractivity contribution is 9.10. The summed E-state index contributed by atoms with van der Waals surface area (Å²) in [6, 6.07) is 8.22. The van der Waals surface area contributed by atoms with E-state index in [1.165, 1.54) is 5.56 Å². The first-order chi connectivity index (χ1) is 8.99. The molecule has 1 aromatic rings. The lowest BCUT2D eigenvalue weighted by Gasteiger charge is -2.26. The van der Waals surface area contributed by atoms with Crippen molar-refractivity contribution < 1.29 is 9.53 Å². The van der Waals surface area contributed by atoms with Crippen molar-refractivity contribution in [2.24, 2.45) is 0 Å². The summed E-state index contributed by atoms with van der Waals surface area (Å²) in [4.78, 5) is 11.9. The predicted octanol–water partition coefficient (Wildman–Crippen LogP) is 3.02. The summed E-state index contributed by atoms with van der Waals surface area (Å²) < 4.78 is 6.45. The summed E-state index contributed by atoms with van der Waals surface area (Å²) in [7, 11) is 0. The van der Waals surface area contributed by atoms with Crippen molar-refractivity contribution in [2.45, 2.75) is 38.2 Å². The maximum atomic E-state index is 11.9. The molecule has 4 heteroatoms. The molecule has 1 heterocycles. The van der Waals surface area contributed by atoms with Gasteiger partial charge in [-0.25, -0.2) is 0 Å². The van der Waals surface area contributed by atoms with Gasteiger partial charge >= 0.3 is 0 Å². The number of hydrogen-bond acceptors (Lipinski definition) is 2. The van der Waals surface area contributed by atoms with Gasteiger partial charge in [-0.3, -0.25) is 4.79 Å². The molecule has 0 unspecified atom stereocenters. The van der Waals surface area contributed by atoms with Crippen molar-refractivity contribution in [1.29, 1.82) is 0 Å². The molecule has 1 aromatic carbocycles. The molecule has 1 N–H and O–H groups in total. The number of carbonyl (C=O) groups excluding carboxylic acids is 1. The number of hydrogen-bond donors (Lipinski definition) is 1. The van der Waals surface area contributed by atoms with Crippen LogP contribution in [0.25, 0.3) is 0 Å². The Bertz CT molecular complexity index is 436. The van der Waals surface area contributed by atoms with Crippen LogP contribution in [-0.4, -0.2) is 25.2 Å². The van der Waals surface area contributed by atoms with E-state index in [-0.39, 0.29) is 17.4 Å². The number of nitrogens with one attached hydrogen (secondary N) is 1. The molecule has 1 aliphatic heterocycles. The maximum absolute atomic E-state index is 11.9. The minimum atomic E-state index is -0.249. The normalized spacial score (nSPS) is 19.4. The van der Waals surface area contributed by atoms with Crippen molar-refractivity contribution in [3.63, 3.8) is 0 Å². The second-order valence-corrected chi connectivity index (χ2v) is 6.53. The summed E-state index contributed by atoms with van der Waals surface area (Å²) >= 11 is 3.43. The highest BCUT2D eigenvalue weighted by Gasteiger charge is 2.26. The van der Waals surface area contributed by atoms with Crippen LogP contribution < -0.4 is 5.32 Å². The molecule has 1 amide bonds. The number of rotatable bonds is 4. The fourth-order valence-corrected chi connectivity index (χ4v) is 2.47. The standard InChI is InChI=1S/C15H20BrNO2/c1-15(2,11-5-7-12(16)8-6-11)10-17-14(18)13-4-3-9-19-13/h5-8,13H,3-4,9-10H2,1-2H3,(H,17,18)/t13-/m0/s1. The van der Waals surface area contributed by atoms with Gasteiger partial charge in [0.1, 0.15) is 6.10 Å². The molecule has 0 saturated carbocycles. The van der Waals surface area contributed by atoms with E-state index < -0.39 is 0 Å². The molecule has 1 aliphatic rings. The van der Waals surface area contributed by atoms with Crippen molar-refractivity contribution >= 4 is 21.8 Å². The monoisotopic (exact) mass is 325 g/mol.